The molecule has 0 heterocycles. The molecule has 0 fully saturated rings. The molecule has 1 aromatic carbocycles. The summed E-state index contributed by atoms with van der Waals surface area (Å²) in [4.78, 5) is -0.0216. The third-order valence-electron chi connectivity index (χ3n) is 1.53. The lowest BCUT2D eigenvalue weighted by Gasteiger charge is -2.10. The molecule has 0 saturated heterocycles. The third-order valence-corrected chi connectivity index (χ3v) is 2.72. The summed E-state index contributed by atoms with van der Waals surface area (Å²) >= 11 is 3.84. The minimum absolute atomic E-state index is 0.0216. The summed E-state index contributed by atoms with van der Waals surface area (Å²) in [7, 11) is 0. The van der Waals surface area contributed by atoms with Crippen molar-refractivity contribution in [3.63, 3.8) is 0 Å². The van der Waals surface area contributed by atoms with Crippen LogP contribution in [0.4, 0.5) is 17.6 Å². The second-order valence-electron chi connectivity index (χ2n) is 2.47. The maximum Gasteiger partial charge on any atom is 0.419 e. The molecule has 0 atom stereocenters. The van der Waals surface area contributed by atoms with Crippen LogP contribution in [0.25, 0.3) is 0 Å². The Labute approximate surface area is 90.8 Å². The van der Waals surface area contributed by atoms with E-state index in [1.54, 1.807) is 0 Å². The standard InChI is InChI=1S/C8H5BrF4S/c1-14-6-3-4(9)2-5(7(6)10)8(11,12)13/h2-3H,1H3. The van der Waals surface area contributed by atoms with E-state index in [1.165, 1.54) is 12.3 Å². The van der Waals surface area contributed by atoms with Crippen LogP contribution >= 0.6 is 27.7 Å². The van der Waals surface area contributed by atoms with Gasteiger partial charge in [-0.2, -0.15) is 13.2 Å². The molecular weight excluding hydrogens is 284 g/mol. The topological polar surface area (TPSA) is 0 Å². The van der Waals surface area contributed by atoms with Crippen molar-refractivity contribution < 1.29 is 17.6 Å². The third kappa shape index (κ3) is 2.42. The first-order valence-electron chi connectivity index (χ1n) is 3.46. The highest BCUT2D eigenvalue weighted by atomic mass is 79.9. The summed E-state index contributed by atoms with van der Waals surface area (Å²) in [5, 5.41) is 0. The summed E-state index contributed by atoms with van der Waals surface area (Å²) in [5.41, 5.74) is -1.24. The van der Waals surface area contributed by atoms with Crippen LogP contribution in [0.15, 0.2) is 21.5 Å². The van der Waals surface area contributed by atoms with Gasteiger partial charge in [-0.1, -0.05) is 15.9 Å². The number of rotatable bonds is 1. The van der Waals surface area contributed by atoms with Crippen LogP contribution in [-0.4, -0.2) is 6.26 Å². The Morgan fingerprint density at radius 1 is 1.29 bits per heavy atom. The van der Waals surface area contributed by atoms with Crippen LogP contribution in [0.5, 0.6) is 0 Å². The molecule has 0 bridgehead atoms. The van der Waals surface area contributed by atoms with Crippen LogP contribution in [-0.2, 0) is 6.18 Å². The zero-order valence-corrected chi connectivity index (χ0v) is 9.36. The van der Waals surface area contributed by atoms with Crippen molar-refractivity contribution in [3.05, 3.63) is 28.0 Å². The Kier molecular flexibility index (Phi) is 3.47. The quantitative estimate of drug-likeness (QED) is 0.548. The van der Waals surface area contributed by atoms with Gasteiger partial charge < -0.3 is 0 Å². The molecule has 14 heavy (non-hydrogen) atoms. The van der Waals surface area contributed by atoms with Gasteiger partial charge in [0.2, 0.25) is 0 Å². The summed E-state index contributed by atoms with van der Waals surface area (Å²) in [5.74, 6) is -1.21. The first kappa shape index (κ1) is 11.8. The number of halogens is 5. The summed E-state index contributed by atoms with van der Waals surface area (Å²) in [6.45, 7) is 0. The molecule has 0 unspecified atom stereocenters. The van der Waals surface area contributed by atoms with Gasteiger partial charge >= 0.3 is 6.18 Å². The highest BCUT2D eigenvalue weighted by molar-refractivity contribution is 9.10. The van der Waals surface area contributed by atoms with E-state index in [4.69, 9.17) is 0 Å². The molecule has 78 valence electrons. The van der Waals surface area contributed by atoms with Gasteiger partial charge in [0.1, 0.15) is 5.82 Å². The maximum absolute atomic E-state index is 13.2. The lowest BCUT2D eigenvalue weighted by Crippen LogP contribution is -2.08. The van der Waals surface area contributed by atoms with E-state index < -0.39 is 17.6 Å². The van der Waals surface area contributed by atoms with Gasteiger partial charge in [0.05, 0.1) is 5.56 Å². The zero-order chi connectivity index (χ0) is 10.9. The van der Waals surface area contributed by atoms with Gasteiger partial charge in [0.25, 0.3) is 0 Å². The van der Waals surface area contributed by atoms with Crippen LogP contribution in [0, 0.1) is 5.82 Å². The largest absolute Gasteiger partial charge is 0.419 e. The predicted molar refractivity (Wildman–Crippen MR) is 50.9 cm³/mol. The molecule has 0 nitrogen and oxygen atoms in total. The highest BCUT2D eigenvalue weighted by Crippen LogP contribution is 2.36. The maximum atomic E-state index is 13.2. The van der Waals surface area contributed by atoms with Gasteiger partial charge in [-0.3, -0.25) is 0 Å². The smallest absolute Gasteiger partial charge is 0.205 e. The number of hydrogen-bond donors (Lipinski definition) is 0. The monoisotopic (exact) mass is 288 g/mol. The summed E-state index contributed by atoms with van der Waals surface area (Å²) in [6.07, 6.45) is -3.14. The molecule has 6 heteroatoms. The lowest BCUT2D eigenvalue weighted by molar-refractivity contribution is -0.140. The molecule has 1 rings (SSSR count). The van der Waals surface area contributed by atoms with Crippen molar-refractivity contribution in [2.24, 2.45) is 0 Å². The van der Waals surface area contributed by atoms with E-state index in [9.17, 15) is 17.6 Å². The molecule has 0 aromatic heterocycles. The number of thioether (sulfide) groups is 1. The fraction of sp³-hybridized carbons (Fsp3) is 0.250. The number of alkyl halides is 3. The summed E-state index contributed by atoms with van der Waals surface area (Å²) < 4.78 is 50.2. The fourth-order valence-electron chi connectivity index (χ4n) is 0.919. The average Bonchev–Trinajstić information content (AvgIpc) is 2.06. The Hall–Kier alpha value is -0.230. The average molecular weight is 289 g/mol. The van der Waals surface area contributed by atoms with Crippen molar-refractivity contribution in [2.45, 2.75) is 11.1 Å². The molecule has 0 amide bonds. The van der Waals surface area contributed by atoms with Gasteiger partial charge in [-0.25, -0.2) is 4.39 Å². The van der Waals surface area contributed by atoms with Crippen molar-refractivity contribution in [1.82, 2.24) is 0 Å². The lowest BCUT2D eigenvalue weighted by atomic mass is 10.2. The van der Waals surface area contributed by atoms with Crippen LogP contribution in [0.1, 0.15) is 5.56 Å². The van der Waals surface area contributed by atoms with Crippen LogP contribution < -0.4 is 0 Å². The van der Waals surface area contributed by atoms with E-state index in [2.05, 4.69) is 15.9 Å². The molecule has 0 aliphatic heterocycles. The Balaban J connectivity index is 3.37. The first-order chi connectivity index (χ1) is 6.36. The van der Waals surface area contributed by atoms with Crippen molar-refractivity contribution in [2.75, 3.05) is 6.26 Å². The molecule has 0 aliphatic carbocycles. The Morgan fingerprint density at radius 3 is 2.29 bits per heavy atom. The van der Waals surface area contributed by atoms with E-state index in [1.807, 2.05) is 0 Å². The van der Waals surface area contributed by atoms with Crippen LogP contribution in [0.2, 0.25) is 0 Å². The van der Waals surface area contributed by atoms with Crippen molar-refractivity contribution in [3.8, 4) is 0 Å². The Bertz CT molecular complexity index is 348. The second kappa shape index (κ2) is 4.10. The van der Waals surface area contributed by atoms with Gasteiger partial charge in [-0.15, -0.1) is 11.8 Å². The van der Waals surface area contributed by atoms with Gasteiger partial charge in [0.15, 0.2) is 0 Å². The fourth-order valence-corrected chi connectivity index (χ4v) is 2.06. The van der Waals surface area contributed by atoms with Gasteiger partial charge in [-0.05, 0) is 18.4 Å². The van der Waals surface area contributed by atoms with Crippen LogP contribution in [0.3, 0.4) is 0 Å². The predicted octanol–water partition coefficient (Wildman–Crippen LogP) is 4.33. The van der Waals surface area contributed by atoms with E-state index in [0.717, 1.165) is 17.8 Å². The Morgan fingerprint density at radius 2 is 1.86 bits per heavy atom. The number of benzene rings is 1. The molecule has 0 radical (unpaired) electrons. The first-order valence-corrected chi connectivity index (χ1v) is 5.48. The van der Waals surface area contributed by atoms with E-state index >= 15 is 0 Å². The molecule has 0 saturated carbocycles. The highest BCUT2D eigenvalue weighted by Gasteiger charge is 2.35. The molecule has 1 aromatic rings. The van der Waals surface area contributed by atoms with Gasteiger partial charge in [0, 0.05) is 9.37 Å². The zero-order valence-electron chi connectivity index (χ0n) is 6.95. The minimum Gasteiger partial charge on any atom is -0.205 e. The van der Waals surface area contributed by atoms with Crippen molar-refractivity contribution >= 4 is 27.7 Å². The second-order valence-corrected chi connectivity index (χ2v) is 4.23. The van der Waals surface area contributed by atoms with Crippen molar-refractivity contribution in [1.29, 1.82) is 0 Å². The number of hydrogen-bond acceptors (Lipinski definition) is 1. The normalized spacial score (nSPS) is 11.9. The SMILES string of the molecule is CSc1cc(Br)cc(C(F)(F)F)c1F. The molecule has 0 spiro atoms. The molecule has 0 N–H and O–H groups in total. The minimum atomic E-state index is -4.65. The van der Waals surface area contributed by atoms with E-state index in [-0.39, 0.29) is 9.37 Å². The molecule has 0 aliphatic rings. The molecular formula is C8H5BrF4S. The van der Waals surface area contributed by atoms with E-state index in [0.29, 0.717) is 0 Å². The summed E-state index contributed by atoms with van der Waals surface area (Å²) in [6, 6.07) is 2.05.